The van der Waals surface area contributed by atoms with Crippen molar-refractivity contribution in [2.24, 2.45) is 0 Å². The Hall–Kier alpha value is -1.79. The fourth-order valence-electron chi connectivity index (χ4n) is 2.72. The van der Waals surface area contributed by atoms with Crippen molar-refractivity contribution < 1.29 is 23.1 Å². The van der Waals surface area contributed by atoms with E-state index in [1.54, 1.807) is 0 Å². The predicted octanol–water partition coefficient (Wildman–Crippen LogP) is 3.17. The molecule has 0 saturated heterocycles. The van der Waals surface area contributed by atoms with Gasteiger partial charge >= 0.3 is 12.1 Å². The van der Waals surface area contributed by atoms with E-state index < -0.39 is 17.7 Å². The number of pyridine rings is 1. The van der Waals surface area contributed by atoms with Crippen LogP contribution in [0.2, 0.25) is 0 Å². The minimum atomic E-state index is -4.40. The summed E-state index contributed by atoms with van der Waals surface area (Å²) in [5.74, 6) is -1.41. The van der Waals surface area contributed by atoms with E-state index in [0.717, 1.165) is 24.8 Å². The lowest BCUT2D eigenvalue weighted by Gasteiger charge is -2.24. The molecule has 2 aliphatic rings. The number of carbonyl (C=O) groups is 1. The zero-order valence-electron chi connectivity index (χ0n) is 11.3. The van der Waals surface area contributed by atoms with Crippen molar-refractivity contribution in [3.05, 3.63) is 22.9 Å². The summed E-state index contributed by atoms with van der Waals surface area (Å²) in [5.41, 5.74) is -0.633. The standard InChI is InChI=1S/C14H15F3N2O2/c15-14(16,17)13(5-6-13)19-11-9(12(20)21)7-8-3-1-2-4-10(8)18-11/h7H,1-6H2,(H,18,19)(H,20,21). The number of carboxylic acid groups (broad SMARTS) is 1. The van der Waals surface area contributed by atoms with E-state index in [2.05, 4.69) is 10.3 Å². The van der Waals surface area contributed by atoms with Gasteiger partial charge in [0.25, 0.3) is 0 Å². The molecule has 7 heteroatoms. The van der Waals surface area contributed by atoms with E-state index in [9.17, 15) is 23.1 Å². The van der Waals surface area contributed by atoms with Crippen LogP contribution in [0.3, 0.4) is 0 Å². The second-order valence-corrected chi connectivity index (χ2v) is 5.71. The van der Waals surface area contributed by atoms with Gasteiger partial charge in [-0.25, -0.2) is 9.78 Å². The Kier molecular flexibility index (Phi) is 3.11. The summed E-state index contributed by atoms with van der Waals surface area (Å²) in [6, 6.07) is 1.47. The summed E-state index contributed by atoms with van der Waals surface area (Å²) in [6.45, 7) is 0. The van der Waals surface area contributed by atoms with Crippen LogP contribution in [0.4, 0.5) is 19.0 Å². The largest absolute Gasteiger partial charge is 0.478 e. The van der Waals surface area contributed by atoms with Crippen LogP contribution in [0, 0.1) is 0 Å². The van der Waals surface area contributed by atoms with Crippen LogP contribution in [0.15, 0.2) is 6.07 Å². The smallest absolute Gasteiger partial charge is 0.411 e. The molecule has 0 bridgehead atoms. The van der Waals surface area contributed by atoms with E-state index in [1.165, 1.54) is 6.07 Å². The zero-order chi connectivity index (χ0) is 15.3. The maximum Gasteiger partial charge on any atom is 0.411 e. The normalized spacial score (nSPS) is 19.8. The van der Waals surface area contributed by atoms with Crippen molar-refractivity contribution in [3.63, 3.8) is 0 Å². The van der Waals surface area contributed by atoms with Crippen molar-refractivity contribution in [2.75, 3.05) is 5.32 Å². The first kappa shape index (κ1) is 14.2. The van der Waals surface area contributed by atoms with Crippen LogP contribution in [-0.4, -0.2) is 27.8 Å². The zero-order valence-corrected chi connectivity index (χ0v) is 11.3. The topological polar surface area (TPSA) is 62.2 Å². The fourth-order valence-corrected chi connectivity index (χ4v) is 2.72. The van der Waals surface area contributed by atoms with Crippen molar-refractivity contribution in [3.8, 4) is 0 Å². The van der Waals surface area contributed by atoms with E-state index in [4.69, 9.17) is 0 Å². The molecule has 1 aromatic rings. The molecule has 1 saturated carbocycles. The Bertz CT molecular complexity index is 595. The summed E-state index contributed by atoms with van der Waals surface area (Å²) < 4.78 is 39.0. The average molecular weight is 300 g/mol. The lowest BCUT2D eigenvalue weighted by Crippen LogP contribution is -2.39. The number of aryl methyl sites for hydroxylation is 2. The molecule has 1 fully saturated rings. The van der Waals surface area contributed by atoms with Crippen molar-refractivity contribution in [2.45, 2.75) is 50.2 Å². The monoisotopic (exact) mass is 300 g/mol. The number of nitrogens with zero attached hydrogens (tertiary/aromatic N) is 1. The number of nitrogens with one attached hydrogen (secondary N) is 1. The number of aromatic nitrogens is 1. The molecule has 2 N–H and O–H groups in total. The molecule has 1 aromatic heterocycles. The summed E-state index contributed by atoms with van der Waals surface area (Å²) in [4.78, 5) is 15.5. The predicted molar refractivity (Wildman–Crippen MR) is 69.5 cm³/mol. The Labute approximate surface area is 119 Å². The number of aromatic carboxylic acids is 1. The summed E-state index contributed by atoms with van der Waals surface area (Å²) in [6.07, 6.45) is -1.21. The quantitative estimate of drug-likeness (QED) is 0.900. The molecule has 0 unspecified atom stereocenters. The van der Waals surface area contributed by atoms with Gasteiger partial charge in [-0.15, -0.1) is 0 Å². The van der Waals surface area contributed by atoms with Crippen LogP contribution in [0.1, 0.15) is 47.3 Å². The highest BCUT2D eigenvalue weighted by atomic mass is 19.4. The van der Waals surface area contributed by atoms with Crippen LogP contribution < -0.4 is 5.32 Å². The van der Waals surface area contributed by atoms with Gasteiger partial charge in [-0.2, -0.15) is 13.2 Å². The van der Waals surface area contributed by atoms with Crippen molar-refractivity contribution >= 4 is 11.8 Å². The number of alkyl halides is 3. The number of anilines is 1. The third kappa shape index (κ3) is 2.45. The van der Waals surface area contributed by atoms with Crippen LogP contribution in [0.25, 0.3) is 0 Å². The Morgan fingerprint density at radius 2 is 1.95 bits per heavy atom. The minimum Gasteiger partial charge on any atom is -0.478 e. The molecule has 0 spiro atoms. The molecule has 0 aliphatic heterocycles. The summed E-state index contributed by atoms with van der Waals surface area (Å²) >= 11 is 0. The van der Waals surface area contributed by atoms with Crippen molar-refractivity contribution in [1.82, 2.24) is 4.98 Å². The van der Waals surface area contributed by atoms with E-state index in [-0.39, 0.29) is 24.2 Å². The highest BCUT2D eigenvalue weighted by Crippen LogP contribution is 2.51. The van der Waals surface area contributed by atoms with Gasteiger partial charge in [0.2, 0.25) is 0 Å². The van der Waals surface area contributed by atoms with Crippen LogP contribution in [-0.2, 0) is 12.8 Å². The molecule has 21 heavy (non-hydrogen) atoms. The van der Waals surface area contributed by atoms with Gasteiger partial charge in [0.15, 0.2) is 0 Å². The van der Waals surface area contributed by atoms with Gasteiger partial charge in [0.1, 0.15) is 16.9 Å². The third-order valence-electron chi connectivity index (χ3n) is 4.18. The Morgan fingerprint density at radius 3 is 2.52 bits per heavy atom. The first-order valence-electron chi connectivity index (χ1n) is 6.93. The second-order valence-electron chi connectivity index (χ2n) is 5.71. The SMILES string of the molecule is O=C(O)c1cc2c(nc1NC1(C(F)(F)F)CC1)CCCC2. The minimum absolute atomic E-state index is 0.0473. The lowest BCUT2D eigenvalue weighted by atomic mass is 9.94. The highest BCUT2D eigenvalue weighted by Gasteiger charge is 2.64. The van der Waals surface area contributed by atoms with Gasteiger partial charge in [-0.05, 0) is 50.2 Å². The number of hydrogen-bond donors (Lipinski definition) is 2. The van der Waals surface area contributed by atoms with E-state index in [1.807, 2.05) is 0 Å². The molecule has 2 aliphatic carbocycles. The number of rotatable bonds is 3. The molecule has 0 amide bonds. The van der Waals surface area contributed by atoms with Gasteiger partial charge in [0, 0.05) is 5.69 Å². The van der Waals surface area contributed by atoms with E-state index in [0.29, 0.717) is 12.1 Å². The summed E-state index contributed by atoms with van der Waals surface area (Å²) in [7, 11) is 0. The number of fused-ring (bicyclic) bond motifs is 1. The van der Waals surface area contributed by atoms with Crippen LogP contribution >= 0.6 is 0 Å². The van der Waals surface area contributed by atoms with Crippen molar-refractivity contribution in [1.29, 1.82) is 0 Å². The first-order chi connectivity index (χ1) is 9.82. The molecule has 1 heterocycles. The Balaban J connectivity index is 1.99. The number of carboxylic acids is 1. The average Bonchev–Trinajstić information content (AvgIpc) is 3.18. The Morgan fingerprint density at radius 1 is 1.29 bits per heavy atom. The van der Waals surface area contributed by atoms with Gasteiger partial charge in [0.05, 0.1) is 0 Å². The second kappa shape index (κ2) is 4.61. The van der Waals surface area contributed by atoms with Gasteiger partial charge in [-0.1, -0.05) is 0 Å². The molecule has 4 nitrogen and oxygen atoms in total. The molecule has 3 rings (SSSR count). The van der Waals surface area contributed by atoms with Crippen LogP contribution in [0.5, 0.6) is 0 Å². The number of halogens is 3. The molecule has 114 valence electrons. The molecular formula is C14H15F3N2O2. The maximum absolute atomic E-state index is 13.0. The lowest BCUT2D eigenvalue weighted by molar-refractivity contribution is -0.151. The molecule has 0 aromatic carbocycles. The summed E-state index contributed by atoms with van der Waals surface area (Å²) in [5, 5.41) is 11.6. The van der Waals surface area contributed by atoms with E-state index >= 15 is 0 Å². The third-order valence-corrected chi connectivity index (χ3v) is 4.18. The molecule has 0 radical (unpaired) electrons. The molecule has 0 atom stereocenters. The highest BCUT2D eigenvalue weighted by molar-refractivity contribution is 5.93. The van der Waals surface area contributed by atoms with Gasteiger partial charge < -0.3 is 10.4 Å². The number of hydrogen-bond acceptors (Lipinski definition) is 3. The fraction of sp³-hybridized carbons (Fsp3) is 0.571. The maximum atomic E-state index is 13.0. The van der Waals surface area contributed by atoms with Gasteiger partial charge in [-0.3, -0.25) is 0 Å². The first-order valence-corrected chi connectivity index (χ1v) is 6.93. The molecular weight excluding hydrogens is 285 g/mol.